The van der Waals surface area contributed by atoms with Gasteiger partial charge >= 0.3 is 0 Å². The first-order valence-corrected chi connectivity index (χ1v) is 10.7. The second-order valence-corrected chi connectivity index (χ2v) is 8.54. The highest BCUT2D eigenvalue weighted by molar-refractivity contribution is 9.10. The van der Waals surface area contributed by atoms with Crippen molar-refractivity contribution in [2.45, 2.75) is 76.3 Å². The number of nitrogens with zero attached hydrogens (tertiary/aromatic N) is 1. The Morgan fingerprint density at radius 2 is 1.60 bits per heavy atom. The summed E-state index contributed by atoms with van der Waals surface area (Å²) in [5.41, 5.74) is 0. The molecule has 1 aromatic rings. The van der Waals surface area contributed by atoms with Gasteiger partial charge in [0.05, 0.1) is 4.47 Å². The lowest BCUT2D eigenvalue weighted by molar-refractivity contribution is -0.140. The van der Waals surface area contributed by atoms with Crippen LogP contribution in [0.25, 0.3) is 0 Å². The van der Waals surface area contributed by atoms with Crippen LogP contribution in [0, 0.1) is 0 Å². The number of rotatable bonds is 5. The largest absolute Gasteiger partial charge is 0.483 e. The summed E-state index contributed by atoms with van der Waals surface area (Å²) in [6.45, 7) is 0.104. The first-order valence-electron chi connectivity index (χ1n) is 9.54. The van der Waals surface area contributed by atoms with Crippen LogP contribution < -0.4 is 4.74 Å². The molecule has 0 unspecified atom stereocenters. The van der Waals surface area contributed by atoms with E-state index in [1.807, 2.05) is 6.07 Å². The average molecular weight is 429 g/mol. The molecule has 138 valence electrons. The van der Waals surface area contributed by atoms with Gasteiger partial charge in [-0.2, -0.15) is 0 Å². The Hall–Kier alpha value is -0.740. The van der Waals surface area contributed by atoms with Crippen LogP contribution in [0.15, 0.2) is 22.7 Å². The van der Waals surface area contributed by atoms with E-state index in [1.165, 1.54) is 38.5 Å². The molecule has 0 saturated heterocycles. The summed E-state index contributed by atoms with van der Waals surface area (Å²) >= 11 is 9.43. The van der Waals surface area contributed by atoms with Crippen molar-refractivity contribution in [2.75, 3.05) is 6.61 Å². The van der Waals surface area contributed by atoms with Crippen molar-refractivity contribution >= 4 is 33.4 Å². The molecule has 5 heteroatoms. The number of hydrogen-bond acceptors (Lipinski definition) is 2. The Bertz CT molecular complexity index is 565. The molecule has 2 aliphatic rings. The van der Waals surface area contributed by atoms with Gasteiger partial charge in [-0.25, -0.2) is 0 Å². The Labute approximate surface area is 164 Å². The first-order chi connectivity index (χ1) is 12.1. The Balaban J connectivity index is 1.67. The third-order valence-electron chi connectivity index (χ3n) is 5.47. The zero-order valence-electron chi connectivity index (χ0n) is 14.7. The summed E-state index contributed by atoms with van der Waals surface area (Å²) in [5.74, 6) is 0.811. The van der Waals surface area contributed by atoms with E-state index in [1.54, 1.807) is 12.1 Å². The molecule has 3 rings (SSSR count). The first kappa shape index (κ1) is 19.0. The molecule has 3 nitrogen and oxygen atoms in total. The van der Waals surface area contributed by atoms with Crippen LogP contribution in [0.5, 0.6) is 5.75 Å². The second kappa shape index (κ2) is 9.27. The summed E-state index contributed by atoms with van der Waals surface area (Å²) in [4.78, 5) is 15.2. The molecule has 0 bridgehead atoms. The maximum absolute atomic E-state index is 13.1. The Kier molecular flexibility index (Phi) is 7.06. The molecule has 1 amide bonds. The molecule has 0 aromatic heterocycles. The van der Waals surface area contributed by atoms with Crippen molar-refractivity contribution in [3.05, 3.63) is 27.7 Å². The summed E-state index contributed by atoms with van der Waals surface area (Å²) in [6.07, 6.45) is 12.2. The number of carbonyl (C=O) groups excluding carboxylic acids is 1. The van der Waals surface area contributed by atoms with E-state index in [9.17, 15) is 4.79 Å². The fourth-order valence-corrected chi connectivity index (χ4v) is 5.03. The van der Waals surface area contributed by atoms with Gasteiger partial charge in [-0.3, -0.25) is 4.79 Å². The molecule has 0 N–H and O–H groups in total. The minimum Gasteiger partial charge on any atom is -0.483 e. The van der Waals surface area contributed by atoms with Crippen LogP contribution in [-0.4, -0.2) is 29.5 Å². The molecule has 2 aliphatic carbocycles. The molecule has 0 heterocycles. The number of hydrogen-bond donors (Lipinski definition) is 0. The summed E-state index contributed by atoms with van der Waals surface area (Å²) < 4.78 is 6.61. The predicted octanol–water partition coefficient (Wildman–Crippen LogP) is 5.98. The van der Waals surface area contributed by atoms with Gasteiger partial charge in [-0.05, 0) is 59.8 Å². The van der Waals surface area contributed by atoms with Crippen LogP contribution in [0.4, 0.5) is 0 Å². The van der Waals surface area contributed by atoms with Gasteiger partial charge in [0.2, 0.25) is 0 Å². The number of carbonyl (C=O) groups is 1. The molecule has 25 heavy (non-hydrogen) atoms. The van der Waals surface area contributed by atoms with Crippen molar-refractivity contribution in [3.63, 3.8) is 0 Å². The fraction of sp³-hybridized carbons (Fsp3) is 0.650. The zero-order chi connectivity index (χ0) is 17.6. The Morgan fingerprint density at radius 3 is 2.12 bits per heavy atom. The smallest absolute Gasteiger partial charge is 0.261 e. The van der Waals surface area contributed by atoms with Gasteiger partial charge in [-0.1, -0.05) is 50.1 Å². The standard InChI is InChI=1S/C20H27BrClNO2/c21-18-13-15(22)11-12-19(18)25-14-20(24)23(16-7-3-1-4-8-16)17-9-5-2-6-10-17/h11-13,16-17H,1-10,14H2. The topological polar surface area (TPSA) is 29.5 Å². The third kappa shape index (κ3) is 5.13. The van der Waals surface area contributed by atoms with E-state index in [0.717, 1.165) is 30.2 Å². The highest BCUT2D eigenvalue weighted by Crippen LogP contribution is 2.31. The van der Waals surface area contributed by atoms with Crippen molar-refractivity contribution in [2.24, 2.45) is 0 Å². The monoisotopic (exact) mass is 427 g/mol. The van der Waals surface area contributed by atoms with Crippen molar-refractivity contribution < 1.29 is 9.53 Å². The molecular formula is C20H27BrClNO2. The molecule has 0 radical (unpaired) electrons. The molecule has 0 atom stereocenters. The van der Waals surface area contributed by atoms with Crippen LogP contribution in [0.2, 0.25) is 5.02 Å². The SMILES string of the molecule is O=C(COc1ccc(Cl)cc1Br)N(C1CCCCC1)C1CCCCC1. The van der Waals surface area contributed by atoms with Gasteiger partial charge < -0.3 is 9.64 Å². The lowest BCUT2D eigenvalue weighted by atomic mass is 9.88. The Morgan fingerprint density at radius 1 is 1.04 bits per heavy atom. The van der Waals surface area contributed by atoms with Gasteiger partial charge in [0.25, 0.3) is 5.91 Å². The van der Waals surface area contributed by atoms with Gasteiger partial charge in [0, 0.05) is 17.1 Å². The molecule has 2 saturated carbocycles. The normalized spacial score (nSPS) is 19.6. The summed E-state index contributed by atoms with van der Waals surface area (Å²) in [7, 11) is 0. The average Bonchev–Trinajstić information content (AvgIpc) is 2.63. The number of halogens is 2. The number of ether oxygens (including phenoxy) is 1. The van der Waals surface area contributed by atoms with Crippen LogP contribution >= 0.6 is 27.5 Å². The lowest BCUT2D eigenvalue weighted by Gasteiger charge is -2.41. The zero-order valence-corrected chi connectivity index (χ0v) is 17.0. The van der Waals surface area contributed by atoms with Crippen molar-refractivity contribution in [1.29, 1.82) is 0 Å². The van der Waals surface area contributed by atoms with Crippen LogP contribution in [0.1, 0.15) is 64.2 Å². The third-order valence-corrected chi connectivity index (χ3v) is 6.32. The summed E-state index contributed by atoms with van der Waals surface area (Å²) in [6, 6.07) is 6.20. The van der Waals surface area contributed by atoms with Gasteiger partial charge in [0.1, 0.15) is 5.75 Å². The van der Waals surface area contributed by atoms with Crippen molar-refractivity contribution in [3.8, 4) is 5.75 Å². The van der Waals surface area contributed by atoms with Crippen LogP contribution in [0.3, 0.4) is 0 Å². The van der Waals surface area contributed by atoms with E-state index in [0.29, 0.717) is 22.9 Å². The van der Waals surface area contributed by atoms with Crippen LogP contribution in [-0.2, 0) is 4.79 Å². The lowest BCUT2D eigenvalue weighted by Crippen LogP contribution is -2.50. The maximum Gasteiger partial charge on any atom is 0.261 e. The van der Waals surface area contributed by atoms with E-state index in [-0.39, 0.29) is 12.5 Å². The number of benzene rings is 1. The number of amides is 1. The van der Waals surface area contributed by atoms with Gasteiger partial charge in [-0.15, -0.1) is 0 Å². The second-order valence-electron chi connectivity index (χ2n) is 7.25. The van der Waals surface area contributed by atoms with E-state index in [4.69, 9.17) is 16.3 Å². The van der Waals surface area contributed by atoms with E-state index in [2.05, 4.69) is 20.8 Å². The quantitative estimate of drug-likeness (QED) is 0.577. The molecule has 1 aromatic carbocycles. The highest BCUT2D eigenvalue weighted by Gasteiger charge is 2.32. The molecule has 0 spiro atoms. The predicted molar refractivity (Wildman–Crippen MR) is 105 cm³/mol. The highest BCUT2D eigenvalue weighted by atomic mass is 79.9. The fourth-order valence-electron chi connectivity index (χ4n) is 4.23. The molecular weight excluding hydrogens is 402 g/mol. The minimum absolute atomic E-state index is 0.104. The molecule has 2 fully saturated rings. The summed E-state index contributed by atoms with van der Waals surface area (Å²) in [5, 5.41) is 0.650. The van der Waals surface area contributed by atoms with Crippen molar-refractivity contribution in [1.82, 2.24) is 4.90 Å². The van der Waals surface area contributed by atoms with E-state index >= 15 is 0 Å². The maximum atomic E-state index is 13.1. The molecule has 0 aliphatic heterocycles. The van der Waals surface area contributed by atoms with Gasteiger partial charge in [0.15, 0.2) is 6.61 Å². The van der Waals surface area contributed by atoms with E-state index < -0.39 is 0 Å². The minimum atomic E-state index is 0.104.